The maximum atomic E-state index is 12.8. The van der Waals surface area contributed by atoms with Crippen LogP contribution < -0.4 is 10.4 Å². The third-order valence-electron chi connectivity index (χ3n) is 6.54. The average Bonchev–Trinajstić information content (AvgIpc) is 2.95. The molecule has 0 fully saturated rings. The van der Waals surface area contributed by atoms with Crippen LogP contribution >= 0.6 is 0 Å². The molecule has 1 atom stereocenters. The van der Waals surface area contributed by atoms with Gasteiger partial charge < -0.3 is 23.4 Å². The standard InChI is InChI=1S/C34H44O7Si/c1-33(2,3)41-30(35)26-39-32(36)31(27-16-10-7-11-17-27)38-24-22-37-23-25-40-42(34(4,5)6,28-18-12-8-13-19-28)29-20-14-9-15-21-29/h7-21,31H,22-26H2,1-6H3. The lowest BCUT2D eigenvalue weighted by atomic mass is 10.1. The second kappa shape index (κ2) is 15.2. The molecule has 42 heavy (non-hydrogen) atoms. The van der Waals surface area contributed by atoms with Crippen molar-refractivity contribution in [2.24, 2.45) is 0 Å². The first kappa shape index (κ1) is 33.2. The van der Waals surface area contributed by atoms with E-state index in [1.807, 2.05) is 30.3 Å². The Balaban J connectivity index is 1.58. The van der Waals surface area contributed by atoms with Gasteiger partial charge in [-0.1, -0.05) is 112 Å². The van der Waals surface area contributed by atoms with E-state index < -0.39 is 38.6 Å². The molecule has 0 N–H and O–H groups in total. The highest BCUT2D eigenvalue weighted by Crippen LogP contribution is 2.36. The third-order valence-corrected chi connectivity index (χ3v) is 11.6. The van der Waals surface area contributed by atoms with Crippen molar-refractivity contribution in [3.05, 3.63) is 96.6 Å². The molecule has 0 saturated heterocycles. The summed E-state index contributed by atoms with van der Waals surface area (Å²) in [4.78, 5) is 24.9. The van der Waals surface area contributed by atoms with Crippen molar-refractivity contribution in [3.8, 4) is 0 Å². The van der Waals surface area contributed by atoms with Gasteiger partial charge in [0, 0.05) is 0 Å². The fourth-order valence-corrected chi connectivity index (χ4v) is 9.39. The zero-order chi connectivity index (χ0) is 30.6. The monoisotopic (exact) mass is 592 g/mol. The highest BCUT2D eigenvalue weighted by Gasteiger charge is 2.50. The van der Waals surface area contributed by atoms with Crippen molar-refractivity contribution >= 4 is 30.6 Å². The molecular formula is C34H44O7Si. The zero-order valence-corrected chi connectivity index (χ0v) is 26.6. The molecule has 1 unspecified atom stereocenters. The Hall–Kier alpha value is -3.30. The zero-order valence-electron chi connectivity index (χ0n) is 25.6. The summed E-state index contributed by atoms with van der Waals surface area (Å²) in [6.07, 6.45) is -0.995. The van der Waals surface area contributed by atoms with E-state index in [4.69, 9.17) is 23.4 Å². The Morgan fingerprint density at radius 2 is 1.19 bits per heavy atom. The maximum absolute atomic E-state index is 12.8. The lowest BCUT2D eigenvalue weighted by molar-refractivity contribution is -0.172. The van der Waals surface area contributed by atoms with Gasteiger partial charge in [-0.2, -0.15) is 0 Å². The van der Waals surface area contributed by atoms with Crippen LogP contribution in [0.4, 0.5) is 0 Å². The maximum Gasteiger partial charge on any atom is 0.344 e. The summed E-state index contributed by atoms with van der Waals surface area (Å²) in [6, 6.07) is 29.9. The van der Waals surface area contributed by atoms with E-state index in [1.165, 1.54) is 10.4 Å². The molecule has 8 heteroatoms. The second-order valence-corrected chi connectivity index (χ2v) is 16.3. The minimum atomic E-state index is -2.64. The molecule has 226 valence electrons. The summed E-state index contributed by atoms with van der Waals surface area (Å²) in [5.74, 6) is -1.28. The highest BCUT2D eigenvalue weighted by molar-refractivity contribution is 6.99. The topological polar surface area (TPSA) is 80.3 Å². The van der Waals surface area contributed by atoms with Crippen LogP contribution in [0.5, 0.6) is 0 Å². The molecular weight excluding hydrogens is 548 g/mol. The Morgan fingerprint density at radius 3 is 1.69 bits per heavy atom. The Morgan fingerprint density at radius 1 is 0.690 bits per heavy atom. The van der Waals surface area contributed by atoms with E-state index in [2.05, 4.69) is 69.3 Å². The molecule has 0 spiro atoms. The van der Waals surface area contributed by atoms with E-state index in [0.717, 1.165) is 0 Å². The molecule has 3 aromatic rings. The van der Waals surface area contributed by atoms with Crippen LogP contribution in [0.2, 0.25) is 5.04 Å². The first-order valence-corrected chi connectivity index (χ1v) is 16.2. The lowest BCUT2D eigenvalue weighted by Gasteiger charge is -2.43. The minimum absolute atomic E-state index is 0.124. The number of carbonyl (C=O) groups is 2. The van der Waals surface area contributed by atoms with Gasteiger partial charge in [-0.05, 0) is 41.7 Å². The third kappa shape index (κ3) is 9.36. The Bertz CT molecular complexity index is 1200. The van der Waals surface area contributed by atoms with E-state index in [9.17, 15) is 9.59 Å². The first-order chi connectivity index (χ1) is 19.9. The van der Waals surface area contributed by atoms with Gasteiger partial charge in [0.25, 0.3) is 8.32 Å². The molecule has 0 aliphatic carbocycles. The number of hydrogen-bond acceptors (Lipinski definition) is 7. The summed E-state index contributed by atoms with van der Waals surface area (Å²) >= 11 is 0. The van der Waals surface area contributed by atoms with Gasteiger partial charge in [0.1, 0.15) is 5.60 Å². The summed E-state index contributed by atoms with van der Waals surface area (Å²) in [7, 11) is -2.64. The highest BCUT2D eigenvalue weighted by atomic mass is 28.4. The molecule has 7 nitrogen and oxygen atoms in total. The van der Waals surface area contributed by atoms with E-state index >= 15 is 0 Å². The van der Waals surface area contributed by atoms with Crippen LogP contribution in [0.15, 0.2) is 91.0 Å². The van der Waals surface area contributed by atoms with Gasteiger partial charge in [0.2, 0.25) is 0 Å². The average molecular weight is 593 g/mol. The van der Waals surface area contributed by atoms with Crippen LogP contribution in [0.1, 0.15) is 53.2 Å². The van der Waals surface area contributed by atoms with Gasteiger partial charge in [-0.25, -0.2) is 9.59 Å². The van der Waals surface area contributed by atoms with Gasteiger partial charge in [-0.15, -0.1) is 0 Å². The van der Waals surface area contributed by atoms with Crippen LogP contribution in [0, 0.1) is 0 Å². The molecule has 3 aromatic carbocycles. The normalized spacial score (nSPS) is 12.9. The summed E-state index contributed by atoms with van der Waals surface area (Å²) in [6.45, 7) is 12.7. The number of hydrogen-bond donors (Lipinski definition) is 0. The quantitative estimate of drug-likeness (QED) is 0.144. The second-order valence-electron chi connectivity index (χ2n) is 12.0. The van der Waals surface area contributed by atoms with E-state index in [-0.39, 0.29) is 18.3 Å². The van der Waals surface area contributed by atoms with E-state index in [1.54, 1.807) is 32.9 Å². The molecule has 0 radical (unpaired) electrons. The van der Waals surface area contributed by atoms with Gasteiger partial charge >= 0.3 is 11.9 Å². The van der Waals surface area contributed by atoms with Crippen molar-refractivity contribution in [1.82, 2.24) is 0 Å². The van der Waals surface area contributed by atoms with Gasteiger partial charge in [0.05, 0.1) is 26.4 Å². The largest absolute Gasteiger partial charge is 0.457 e. The summed E-state index contributed by atoms with van der Waals surface area (Å²) < 4.78 is 29.0. The van der Waals surface area contributed by atoms with Crippen LogP contribution in [-0.4, -0.2) is 58.9 Å². The molecule has 0 amide bonds. The SMILES string of the molecule is CC(C)(C)OC(=O)COC(=O)C(OCCOCCO[Si](c1ccccc1)(c1ccccc1)C(C)(C)C)c1ccccc1. The lowest BCUT2D eigenvalue weighted by Crippen LogP contribution is -2.66. The van der Waals surface area contributed by atoms with Crippen molar-refractivity contribution in [2.45, 2.75) is 58.3 Å². The summed E-state index contributed by atoms with van der Waals surface area (Å²) in [5.41, 5.74) is -0.0430. The number of carbonyl (C=O) groups excluding carboxylic acids is 2. The predicted octanol–water partition coefficient (Wildman–Crippen LogP) is 5.22. The van der Waals surface area contributed by atoms with Crippen LogP contribution in [-0.2, 0) is 33.0 Å². The summed E-state index contributed by atoms with van der Waals surface area (Å²) in [5, 5.41) is 2.30. The molecule has 0 aliphatic heterocycles. The minimum Gasteiger partial charge on any atom is -0.457 e. The van der Waals surface area contributed by atoms with Crippen molar-refractivity contribution in [2.75, 3.05) is 33.0 Å². The number of benzene rings is 3. The molecule has 0 aliphatic rings. The molecule has 0 heterocycles. The molecule has 0 aromatic heterocycles. The van der Waals surface area contributed by atoms with Crippen molar-refractivity contribution < 1.29 is 33.0 Å². The van der Waals surface area contributed by atoms with Crippen molar-refractivity contribution in [3.63, 3.8) is 0 Å². The predicted molar refractivity (Wildman–Crippen MR) is 166 cm³/mol. The molecule has 0 saturated carbocycles. The molecule has 3 rings (SSSR count). The van der Waals surface area contributed by atoms with E-state index in [0.29, 0.717) is 18.8 Å². The van der Waals surface area contributed by atoms with Crippen LogP contribution in [0.25, 0.3) is 0 Å². The van der Waals surface area contributed by atoms with Gasteiger partial charge in [0.15, 0.2) is 12.7 Å². The fraction of sp³-hybridized carbons (Fsp3) is 0.412. The fourth-order valence-electron chi connectivity index (χ4n) is 4.85. The van der Waals surface area contributed by atoms with Crippen LogP contribution in [0.3, 0.4) is 0 Å². The first-order valence-electron chi connectivity index (χ1n) is 14.3. The molecule has 0 bridgehead atoms. The van der Waals surface area contributed by atoms with Crippen molar-refractivity contribution in [1.29, 1.82) is 0 Å². The Kier molecular flexibility index (Phi) is 12.1. The number of esters is 2. The number of rotatable bonds is 14. The number of ether oxygens (including phenoxy) is 4. The van der Waals surface area contributed by atoms with Gasteiger partial charge in [-0.3, -0.25) is 0 Å². The smallest absolute Gasteiger partial charge is 0.344 e. The Labute approximate surface area is 251 Å².